The summed E-state index contributed by atoms with van der Waals surface area (Å²) >= 11 is 0. The fourth-order valence-electron chi connectivity index (χ4n) is 2.36. The van der Waals surface area contributed by atoms with Gasteiger partial charge in [-0.2, -0.15) is 0 Å². The molecule has 1 unspecified atom stereocenters. The van der Waals surface area contributed by atoms with Crippen molar-refractivity contribution in [2.24, 2.45) is 0 Å². The highest BCUT2D eigenvalue weighted by atomic mass is 16.5. The highest BCUT2D eigenvalue weighted by molar-refractivity contribution is 4.59. The summed E-state index contributed by atoms with van der Waals surface area (Å²) in [5.74, 6) is 0. The summed E-state index contributed by atoms with van der Waals surface area (Å²) in [6, 6.07) is 0. The highest BCUT2D eigenvalue weighted by Gasteiger charge is 2.07. The molecule has 0 aromatic carbocycles. The van der Waals surface area contributed by atoms with E-state index in [1.165, 1.54) is 70.6 Å². The van der Waals surface area contributed by atoms with Crippen LogP contribution in [0.4, 0.5) is 0 Å². The molecule has 0 aromatic rings. The van der Waals surface area contributed by atoms with E-state index in [0.717, 1.165) is 13.0 Å². The number of unbranched alkanes of at least 4 members (excludes halogenated alkanes) is 7. The third kappa shape index (κ3) is 12.4. The van der Waals surface area contributed by atoms with Gasteiger partial charge in [0.2, 0.25) is 0 Å². The Morgan fingerprint density at radius 2 is 1.17 bits per heavy atom. The summed E-state index contributed by atoms with van der Waals surface area (Å²) in [7, 11) is 0. The van der Waals surface area contributed by atoms with E-state index < -0.39 is 0 Å². The normalized spacial score (nSPS) is 12.8. The SMILES string of the molecule is CCCCCCCCCC(CCCC)OCCC. The van der Waals surface area contributed by atoms with Crippen molar-refractivity contribution in [2.75, 3.05) is 6.61 Å². The molecular weight excluding hydrogens is 220 g/mol. The Labute approximate surface area is 116 Å². The summed E-state index contributed by atoms with van der Waals surface area (Å²) in [4.78, 5) is 0. The highest BCUT2D eigenvalue weighted by Crippen LogP contribution is 2.15. The Morgan fingerprint density at radius 3 is 1.78 bits per heavy atom. The molecule has 18 heavy (non-hydrogen) atoms. The molecule has 0 saturated heterocycles. The van der Waals surface area contributed by atoms with Crippen molar-refractivity contribution in [3.05, 3.63) is 0 Å². The summed E-state index contributed by atoms with van der Waals surface area (Å²) in [5.41, 5.74) is 0. The predicted octanol–water partition coefficient (Wildman–Crippen LogP) is 6.11. The number of rotatable bonds is 14. The number of ether oxygens (including phenoxy) is 1. The van der Waals surface area contributed by atoms with Crippen LogP contribution < -0.4 is 0 Å². The van der Waals surface area contributed by atoms with Crippen LogP contribution in [0.2, 0.25) is 0 Å². The van der Waals surface area contributed by atoms with Gasteiger partial charge in [-0.25, -0.2) is 0 Å². The molecule has 0 fully saturated rings. The van der Waals surface area contributed by atoms with Gasteiger partial charge >= 0.3 is 0 Å². The molecule has 1 atom stereocenters. The van der Waals surface area contributed by atoms with Gasteiger partial charge in [0, 0.05) is 6.61 Å². The molecule has 0 bridgehead atoms. The topological polar surface area (TPSA) is 9.23 Å². The maximum Gasteiger partial charge on any atom is 0.0575 e. The lowest BCUT2D eigenvalue weighted by atomic mass is 10.0. The number of hydrogen-bond acceptors (Lipinski definition) is 1. The quantitative estimate of drug-likeness (QED) is 0.341. The molecule has 0 radical (unpaired) electrons. The molecular formula is C17H36O. The molecule has 0 aromatic heterocycles. The summed E-state index contributed by atoms with van der Waals surface area (Å²) in [6.07, 6.45) is 16.7. The molecule has 0 amide bonds. The van der Waals surface area contributed by atoms with Crippen LogP contribution >= 0.6 is 0 Å². The lowest BCUT2D eigenvalue weighted by molar-refractivity contribution is 0.0388. The van der Waals surface area contributed by atoms with Gasteiger partial charge in [0.25, 0.3) is 0 Å². The van der Waals surface area contributed by atoms with Crippen molar-refractivity contribution in [1.82, 2.24) is 0 Å². The van der Waals surface area contributed by atoms with Gasteiger partial charge in [-0.05, 0) is 19.3 Å². The molecule has 0 saturated carbocycles. The van der Waals surface area contributed by atoms with Gasteiger partial charge in [0.1, 0.15) is 0 Å². The average Bonchev–Trinajstić information content (AvgIpc) is 2.40. The molecule has 1 nitrogen and oxygen atoms in total. The van der Waals surface area contributed by atoms with Gasteiger partial charge in [0.05, 0.1) is 6.10 Å². The minimum absolute atomic E-state index is 0.542. The summed E-state index contributed by atoms with van der Waals surface area (Å²) < 4.78 is 5.94. The first-order chi connectivity index (χ1) is 8.85. The zero-order chi connectivity index (χ0) is 13.5. The maximum absolute atomic E-state index is 5.94. The fourth-order valence-corrected chi connectivity index (χ4v) is 2.36. The van der Waals surface area contributed by atoms with Crippen molar-refractivity contribution in [3.63, 3.8) is 0 Å². The third-order valence-corrected chi connectivity index (χ3v) is 3.57. The van der Waals surface area contributed by atoms with E-state index in [0.29, 0.717) is 6.10 Å². The predicted molar refractivity (Wildman–Crippen MR) is 82.2 cm³/mol. The maximum atomic E-state index is 5.94. The second-order valence-corrected chi connectivity index (χ2v) is 5.55. The van der Waals surface area contributed by atoms with Crippen LogP contribution in [0.25, 0.3) is 0 Å². The monoisotopic (exact) mass is 256 g/mol. The smallest absolute Gasteiger partial charge is 0.0575 e. The Bertz CT molecular complexity index is 137. The summed E-state index contributed by atoms with van der Waals surface area (Å²) in [5, 5.41) is 0. The standard InChI is InChI=1S/C17H36O/c1-4-7-9-10-11-12-13-15-17(14-8-5-2)18-16-6-3/h17H,4-16H2,1-3H3. The van der Waals surface area contributed by atoms with Crippen LogP contribution in [-0.2, 0) is 4.74 Å². The van der Waals surface area contributed by atoms with Gasteiger partial charge in [-0.1, -0.05) is 78.6 Å². The largest absolute Gasteiger partial charge is 0.378 e. The van der Waals surface area contributed by atoms with Crippen LogP contribution in [0.5, 0.6) is 0 Å². The second-order valence-electron chi connectivity index (χ2n) is 5.55. The van der Waals surface area contributed by atoms with Crippen molar-refractivity contribution >= 4 is 0 Å². The Morgan fingerprint density at radius 1 is 0.611 bits per heavy atom. The zero-order valence-electron chi connectivity index (χ0n) is 13.2. The first kappa shape index (κ1) is 18.0. The molecule has 0 spiro atoms. The Kier molecular flexibility index (Phi) is 15.0. The molecule has 0 rings (SSSR count). The van der Waals surface area contributed by atoms with Crippen LogP contribution in [0.1, 0.15) is 97.8 Å². The van der Waals surface area contributed by atoms with Gasteiger partial charge < -0.3 is 4.74 Å². The molecule has 0 heterocycles. The van der Waals surface area contributed by atoms with E-state index in [1.807, 2.05) is 0 Å². The minimum Gasteiger partial charge on any atom is -0.378 e. The van der Waals surface area contributed by atoms with Crippen molar-refractivity contribution < 1.29 is 4.74 Å². The van der Waals surface area contributed by atoms with Crippen molar-refractivity contribution in [1.29, 1.82) is 0 Å². The van der Waals surface area contributed by atoms with Crippen LogP contribution in [0.15, 0.2) is 0 Å². The van der Waals surface area contributed by atoms with E-state index >= 15 is 0 Å². The van der Waals surface area contributed by atoms with Gasteiger partial charge in [-0.15, -0.1) is 0 Å². The molecule has 0 aliphatic carbocycles. The van der Waals surface area contributed by atoms with Crippen LogP contribution in [0.3, 0.4) is 0 Å². The lowest BCUT2D eigenvalue weighted by Crippen LogP contribution is -2.13. The second kappa shape index (κ2) is 15.0. The molecule has 110 valence electrons. The van der Waals surface area contributed by atoms with E-state index in [9.17, 15) is 0 Å². The van der Waals surface area contributed by atoms with Gasteiger partial charge in [0.15, 0.2) is 0 Å². The van der Waals surface area contributed by atoms with Crippen molar-refractivity contribution in [3.8, 4) is 0 Å². The van der Waals surface area contributed by atoms with Crippen molar-refractivity contribution in [2.45, 2.75) is 104 Å². The van der Waals surface area contributed by atoms with E-state index in [2.05, 4.69) is 20.8 Å². The van der Waals surface area contributed by atoms with Crippen LogP contribution in [0, 0.1) is 0 Å². The summed E-state index contributed by atoms with van der Waals surface area (Å²) in [6.45, 7) is 7.70. The van der Waals surface area contributed by atoms with E-state index in [-0.39, 0.29) is 0 Å². The van der Waals surface area contributed by atoms with E-state index in [1.54, 1.807) is 0 Å². The lowest BCUT2D eigenvalue weighted by Gasteiger charge is -2.17. The molecule has 0 N–H and O–H groups in total. The molecule has 0 aliphatic rings. The first-order valence-electron chi connectivity index (χ1n) is 8.46. The van der Waals surface area contributed by atoms with Crippen LogP contribution in [-0.4, -0.2) is 12.7 Å². The Hall–Kier alpha value is -0.0400. The molecule has 0 aliphatic heterocycles. The number of hydrogen-bond donors (Lipinski definition) is 0. The molecule has 1 heteroatoms. The van der Waals surface area contributed by atoms with Gasteiger partial charge in [-0.3, -0.25) is 0 Å². The average molecular weight is 256 g/mol. The fraction of sp³-hybridized carbons (Fsp3) is 1.00. The minimum atomic E-state index is 0.542. The van der Waals surface area contributed by atoms with E-state index in [4.69, 9.17) is 4.74 Å². The third-order valence-electron chi connectivity index (χ3n) is 3.57. The Balaban J connectivity index is 3.43. The first-order valence-corrected chi connectivity index (χ1v) is 8.46. The zero-order valence-corrected chi connectivity index (χ0v) is 13.2.